The van der Waals surface area contributed by atoms with Crippen LogP contribution in [-0.2, 0) is 14.6 Å². The summed E-state index contributed by atoms with van der Waals surface area (Å²) in [6, 6.07) is 14.7. The van der Waals surface area contributed by atoms with Gasteiger partial charge < -0.3 is 0 Å². The van der Waals surface area contributed by atoms with Crippen LogP contribution in [0, 0.1) is 0 Å². The van der Waals surface area contributed by atoms with Gasteiger partial charge in [-0.3, -0.25) is 4.79 Å². The van der Waals surface area contributed by atoms with Crippen LogP contribution in [0.4, 0.5) is 0 Å². The Balaban J connectivity index is 2.10. The summed E-state index contributed by atoms with van der Waals surface area (Å²) in [7, 11) is 0. The zero-order valence-electron chi connectivity index (χ0n) is 11.2. The first kappa shape index (κ1) is 14.5. The van der Waals surface area contributed by atoms with Crippen LogP contribution in [0.3, 0.4) is 0 Å². The number of rotatable bonds is 3. The van der Waals surface area contributed by atoms with Crippen molar-refractivity contribution >= 4 is 17.7 Å². The molecule has 5 nitrogen and oxygen atoms in total. The van der Waals surface area contributed by atoms with Crippen LogP contribution >= 0.6 is 0 Å². The lowest BCUT2D eigenvalue weighted by Gasteiger charge is -2.03. The van der Waals surface area contributed by atoms with E-state index in [1.165, 1.54) is 24.3 Å². The van der Waals surface area contributed by atoms with Gasteiger partial charge in [0.1, 0.15) is 0 Å². The Kier molecular flexibility index (Phi) is 4.46. The molecule has 0 radical (unpaired) electrons. The van der Waals surface area contributed by atoms with Gasteiger partial charge >= 0.3 is 11.9 Å². The predicted molar refractivity (Wildman–Crippen MR) is 73.5 cm³/mol. The van der Waals surface area contributed by atoms with Crippen LogP contribution in [0.25, 0.3) is 0 Å². The van der Waals surface area contributed by atoms with Crippen molar-refractivity contribution in [3.05, 3.63) is 71.3 Å². The molecule has 0 atom stereocenters. The van der Waals surface area contributed by atoms with Crippen LogP contribution in [0.2, 0.25) is 0 Å². The number of hydrogen-bond acceptors (Lipinski definition) is 5. The monoisotopic (exact) mass is 284 g/mol. The van der Waals surface area contributed by atoms with Crippen molar-refractivity contribution in [2.24, 2.45) is 0 Å². The lowest BCUT2D eigenvalue weighted by atomic mass is 10.0. The van der Waals surface area contributed by atoms with Crippen molar-refractivity contribution < 1.29 is 24.2 Å². The van der Waals surface area contributed by atoms with Gasteiger partial charge in [-0.15, -0.1) is 0 Å². The minimum atomic E-state index is -0.802. The molecule has 0 aromatic heterocycles. The first-order valence-electron chi connectivity index (χ1n) is 6.17. The molecule has 0 bridgehead atoms. The fourth-order valence-corrected chi connectivity index (χ4v) is 1.66. The minimum absolute atomic E-state index is 0.143. The van der Waals surface area contributed by atoms with Crippen LogP contribution in [-0.4, -0.2) is 17.7 Å². The highest BCUT2D eigenvalue weighted by Gasteiger charge is 2.13. The third-order valence-electron chi connectivity index (χ3n) is 2.65. The van der Waals surface area contributed by atoms with Gasteiger partial charge in [-0.2, -0.15) is 0 Å². The van der Waals surface area contributed by atoms with Crippen LogP contribution in [0.1, 0.15) is 33.2 Å². The second-order valence-electron chi connectivity index (χ2n) is 4.22. The summed E-state index contributed by atoms with van der Waals surface area (Å²) in [5.74, 6) is -1.67. The topological polar surface area (TPSA) is 69.7 Å². The van der Waals surface area contributed by atoms with Crippen LogP contribution in [0.15, 0.2) is 54.6 Å². The Morgan fingerprint density at radius 1 is 0.714 bits per heavy atom. The van der Waals surface area contributed by atoms with E-state index in [2.05, 4.69) is 9.78 Å². The fraction of sp³-hybridized carbons (Fsp3) is 0.0625. The maximum absolute atomic E-state index is 12.2. The summed E-state index contributed by atoms with van der Waals surface area (Å²) in [6.07, 6.45) is 0. The van der Waals surface area contributed by atoms with E-state index in [1.807, 2.05) is 6.07 Å². The van der Waals surface area contributed by atoms with Crippen LogP contribution in [0.5, 0.6) is 0 Å². The molecule has 0 fully saturated rings. The van der Waals surface area contributed by atoms with Gasteiger partial charge in [0.05, 0.1) is 5.56 Å². The van der Waals surface area contributed by atoms with E-state index in [4.69, 9.17) is 0 Å². The van der Waals surface area contributed by atoms with Gasteiger partial charge in [0.25, 0.3) is 0 Å². The third-order valence-corrected chi connectivity index (χ3v) is 2.65. The molecule has 0 aliphatic rings. The van der Waals surface area contributed by atoms with E-state index in [-0.39, 0.29) is 11.3 Å². The molecule has 0 aliphatic carbocycles. The van der Waals surface area contributed by atoms with Crippen molar-refractivity contribution in [3.63, 3.8) is 0 Å². The molecule has 0 N–H and O–H groups in total. The summed E-state index contributed by atoms with van der Waals surface area (Å²) in [6.45, 7) is 1.12. The molecule has 0 spiro atoms. The largest absolute Gasteiger partial charge is 0.386 e. The van der Waals surface area contributed by atoms with Gasteiger partial charge in [0.15, 0.2) is 5.78 Å². The molecular formula is C16H12O5. The molecule has 0 aliphatic heterocycles. The molecule has 5 heteroatoms. The van der Waals surface area contributed by atoms with E-state index < -0.39 is 11.9 Å². The van der Waals surface area contributed by atoms with E-state index in [1.54, 1.807) is 24.3 Å². The third kappa shape index (κ3) is 3.76. The SMILES string of the molecule is CC(=O)OOC(=O)c1ccc(C(=O)c2ccccc2)cc1. The van der Waals surface area contributed by atoms with Gasteiger partial charge in [-0.1, -0.05) is 42.5 Å². The zero-order chi connectivity index (χ0) is 15.2. The second kappa shape index (κ2) is 6.47. The highest BCUT2D eigenvalue weighted by molar-refractivity contribution is 6.09. The fourth-order valence-electron chi connectivity index (χ4n) is 1.66. The normalized spacial score (nSPS) is 9.76. The molecule has 0 amide bonds. The van der Waals surface area contributed by atoms with Crippen molar-refractivity contribution in [3.8, 4) is 0 Å². The van der Waals surface area contributed by atoms with Gasteiger partial charge in [-0.25, -0.2) is 19.4 Å². The Hall–Kier alpha value is -2.95. The molecular weight excluding hydrogens is 272 g/mol. The minimum Gasteiger partial charge on any atom is -0.289 e. The Bertz CT molecular complexity index is 659. The second-order valence-corrected chi connectivity index (χ2v) is 4.22. The highest BCUT2D eigenvalue weighted by Crippen LogP contribution is 2.12. The van der Waals surface area contributed by atoms with Crippen LogP contribution < -0.4 is 0 Å². The van der Waals surface area contributed by atoms with E-state index in [0.29, 0.717) is 11.1 Å². The van der Waals surface area contributed by atoms with E-state index in [0.717, 1.165) is 6.92 Å². The highest BCUT2D eigenvalue weighted by atomic mass is 17.2. The quantitative estimate of drug-likeness (QED) is 0.492. The maximum Gasteiger partial charge on any atom is 0.386 e. The molecule has 0 unspecified atom stereocenters. The summed E-state index contributed by atoms with van der Waals surface area (Å²) in [5, 5.41) is 0. The number of carbonyl (C=O) groups is 3. The average Bonchev–Trinajstić information content (AvgIpc) is 2.53. The smallest absolute Gasteiger partial charge is 0.289 e. The lowest BCUT2D eigenvalue weighted by molar-refractivity contribution is -0.231. The number of ketones is 1. The van der Waals surface area contributed by atoms with Crippen molar-refractivity contribution in [2.45, 2.75) is 6.92 Å². The molecule has 2 aromatic rings. The Morgan fingerprint density at radius 2 is 1.24 bits per heavy atom. The number of carbonyl (C=O) groups excluding carboxylic acids is 3. The van der Waals surface area contributed by atoms with Crippen molar-refractivity contribution in [2.75, 3.05) is 0 Å². The first-order chi connectivity index (χ1) is 10.1. The molecule has 0 saturated carbocycles. The molecule has 21 heavy (non-hydrogen) atoms. The molecule has 2 aromatic carbocycles. The summed E-state index contributed by atoms with van der Waals surface area (Å²) in [5.41, 5.74) is 1.19. The zero-order valence-corrected chi connectivity index (χ0v) is 11.2. The first-order valence-corrected chi connectivity index (χ1v) is 6.17. The Morgan fingerprint density at radius 3 is 1.81 bits per heavy atom. The van der Waals surface area contributed by atoms with Gasteiger partial charge in [0.2, 0.25) is 0 Å². The molecule has 0 saturated heterocycles. The van der Waals surface area contributed by atoms with Gasteiger partial charge in [-0.05, 0) is 12.1 Å². The average molecular weight is 284 g/mol. The molecule has 0 heterocycles. The molecule has 2 rings (SSSR count). The predicted octanol–water partition coefficient (Wildman–Crippen LogP) is 2.55. The summed E-state index contributed by atoms with van der Waals surface area (Å²) < 4.78 is 0. The van der Waals surface area contributed by atoms with Crippen molar-refractivity contribution in [1.29, 1.82) is 0 Å². The number of hydrogen-bond donors (Lipinski definition) is 0. The molecule has 106 valence electrons. The van der Waals surface area contributed by atoms with Gasteiger partial charge in [0, 0.05) is 18.1 Å². The standard InChI is InChI=1S/C16H12O5/c1-11(17)20-21-16(19)14-9-7-13(8-10-14)15(18)12-5-3-2-4-6-12/h2-10H,1H3. The summed E-state index contributed by atoms with van der Waals surface area (Å²) >= 11 is 0. The Labute approximate surface area is 121 Å². The lowest BCUT2D eigenvalue weighted by Crippen LogP contribution is -2.09. The number of benzene rings is 2. The van der Waals surface area contributed by atoms with E-state index in [9.17, 15) is 14.4 Å². The maximum atomic E-state index is 12.2. The van der Waals surface area contributed by atoms with Crippen molar-refractivity contribution in [1.82, 2.24) is 0 Å². The summed E-state index contributed by atoms with van der Waals surface area (Å²) in [4.78, 5) is 42.7. The van der Waals surface area contributed by atoms with E-state index >= 15 is 0 Å².